The third-order valence-electron chi connectivity index (χ3n) is 7.86. The van der Waals surface area contributed by atoms with E-state index in [4.69, 9.17) is 9.26 Å². The number of carboxylic acid groups (broad SMARTS) is 2. The third kappa shape index (κ3) is 4.75. The van der Waals surface area contributed by atoms with Gasteiger partial charge in [0.15, 0.2) is 11.2 Å². The smallest absolute Gasteiger partial charge is 0.336 e. The van der Waals surface area contributed by atoms with E-state index in [0.29, 0.717) is 55.7 Å². The van der Waals surface area contributed by atoms with Crippen LogP contribution < -0.4 is 4.74 Å². The fraction of sp³-hybridized carbons (Fsp3) is 0.300. The average Bonchev–Trinajstić information content (AvgIpc) is 3.50. The molecule has 2 aromatic heterocycles. The van der Waals surface area contributed by atoms with Gasteiger partial charge in [0.1, 0.15) is 11.6 Å². The van der Waals surface area contributed by atoms with Crippen LogP contribution in [0.5, 0.6) is 5.75 Å². The van der Waals surface area contributed by atoms with Gasteiger partial charge in [-0.2, -0.15) is 0 Å². The Hall–Kier alpha value is -4.44. The van der Waals surface area contributed by atoms with E-state index in [1.165, 1.54) is 12.1 Å². The summed E-state index contributed by atoms with van der Waals surface area (Å²) in [4.78, 5) is 26.0. The number of piperidine rings is 1. The van der Waals surface area contributed by atoms with Crippen LogP contribution in [0.1, 0.15) is 41.8 Å². The predicted octanol–water partition coefficient (Wildman–Crippen LogP) is 4.69. The molecule has 0 bridgehead atoms. The van der Waals surface area contributed by atoms with Crippen LogP contribution >= 0.6 is 0 Å². The first-order chi connectivity index (χ1) is 19.3. The second-order valence-electron chi connectivity index (χ2n) is 10.3. The van der Waals surface area contributed by atoms with Crippen molar-refractivity contribution in [2.45, 2.75) is 37.8 Å². The van der Waals surface area contributed by atoms with E-state index >= 15 is 0 Å². The normalized spacial score (nSPS) is 16.8. The number of hydrogen-bond donors (Lipinski definition) is 2. The number of hydrogen-bond acceptors (Lipinski definition) is 6. The quantitative estimate of drug-likeness (QED) is 0.321. The van der Waals surface area contributed by atoms with Gasteiger partial charge < -0.3 is 28.9 Å². The lowest BCUT2D eigenvalue weighted by Gasteiger charge is -2.42. The van der Waals surface area contributed by atoms with Crippen molar-refractivity contribution in [3.05, 3.63) is 89.1 Å². The zero-order valence-corrected chi connectivity index (χ0v) is 21.7. The molecule has 0 saturated carbocycles. The van der Waals surface area contributed by atoms with Gasteiger partial charge in [-0.3, -0.25) is 0 Å². The Morgan fingerprint density at radius 2 is 1.90 bits per heavy atom. The summed E-state index contributed by atoms with van der Waals surface area (Å²) in [7, 11) is 0. The number of carbonyl (C=O) groups is 2. The largest absolute Gasteiger partial charge is 0.481 e. The van der Waals surface area contributed by atoms with Crippen LogP contribution in [-0.2, 0) is 28.2 Å². The van der Waals surface area contributed by atoms with E-state index < -0.39 is 17.5 Å². The van der Waals surface area contributed by atoms with Gasteiger partial charge in [-0.05, 0) is 43.7 Å². The number of rotatable bonds is 7. The van der Waals surface area contributed by atoms with Crippen LogP contribution in [0.2, 0.25) is 0 Å². The number of aryl methyl sites for hydroxylation is 1. The molecule has 9 nitrogen and oxygen atoms in total. The second kappa shape index (κ2) is 10.3. The maximum atomic E-state index is 13.5. The molecular weight excluding hydrogens is 517 g/mol. The number of carboxylic acids is 2. The highest BCUT2D eigenvalue weighted by atomic mass is 19.1. The molecule has 2 aliphatic rings. The lowest BCUT2D eigenvalue weighted by molar-refractivity contribution is -0.133. The highest BCUT2D eigenvalue weighted by Crippen LogP contribution is 2.45. The number of fused-ring (bicyclic) bond motifs is 4. The topological polar surface area (TPSA) is 118 Å². The highest BCUT2D eigenvalue weighted by Gasteiger charge is 2.45. The Labute approximate surface area is 229 Å². The Morgan fingerprint density at radius 1 is 1.10 bits per heavy atom. The SMILES string of the molecule is O=C(O)/C=C(\C(=O)O)c1ccn2c1C1(CCN(CCCc3noc4cc(F)ccc34)CC1)Oc1ccccc1C2. The van der Waals surface area contributed by atoms with Crippen LogP contribution in [0.25, 0.3) is 16.5 Å². The molecular formula is C30H28FN3O6. The molecule has 0 amide bonds. The highest BCUT2D eigenvalue weighted by molar-refractivity contribution is 6.19. The van der Waals surface area contributed by atoms with Gasteiger partial charge in [0.2, 0.25) is 0 Å². The molecule has 0 radical (unpaired) electrons. The summed E-state index contributed by atoms with van der Waals surface area (Å²) in [6, 6.07) is 13.9. The molecule has 0 atom stereocenters. The minimum absolute atomic E-state index is 0.266. The summed E-state index contributed by atoms with van der Waals surface area (Å²) in [5.41, 5.74) is 2.20. The van der Waals surface area contributed by atoms with Gasteiger partial charge in [-0.25, -0.2) is 14.0 Å². The lowest BCUT2D eigenvalue weighted by Crippen LogP contribution is -2.47. The van der Waals surface area contributed by atoms with E-state index in [0.717, 1.165) is 41.4 Å². The van der Waals surface area contributed by atoms with Gasteiger partial charge in [-0.15, -0.1) is 0 Å². The summed E-state index contributed by atoms with van der Waals surface area (Å²) in [5, 5.41) is 24.2. The van der Waals surface area contributed by atoms with Gasteiger partial charge >= 0.3 is 11.9 Å². The average molecular weight is 546 g/mol. The van der Waals surface area contributed by atoms with Crippen LogP contribution in [0, 0.1) is 5.82 Å². The third-order valence-corrected chi connectivity index (χ3v) is 7.86. The zero-order chi connectivity index (χ0) is 27.9. The molecule has 2 N–H and O–H groups in total. The maximum Gasteiger partial charge on any atom is 0.336 e. The van der Waals surface area contributed by atoms with Crippen molar-refractivity contribution in [1.29, 1.82) is 0 Å². The first-order valence-electron chi connectivity index (χ1n) is 13.2. The van der Waals surface area contributed by atoms with Gasteiger partial charge in [0, 0.05) is 60.8 Å². The molecule has 10 heteroatoms. The predicted molar refractivity (Wildman–Crippen MR) is 143 cm³/mol. The molecule has 4 aromatic rings. The molecule has 2 aliphatic heterocycles. The second-order valence-corrected chi connectivity index (χ2v) is 10.3. The molecule has 0 unspecified atom stereocenters. The summed E-state index contributed by atoms with van der Waals surface area (Å²) < 4.78 is 27.5. The standard InChI is InChI=1S/C30H28FN3O6/c31-20-7-8-22-24(32-40-26(22)16-20)5-3-12-33-14-10-30(11-15-33)28-21(23(29(37)38)17-27(35)36)9-13-34(28)18-19-4-1-2-6-25(19)39-30/h1-2,4,6-9,13,16-17H,3,5,10-12,14-15,18H2,(H,35,36)(H,37,38)/b23-17-. The number of halogens is 1. The zero-order valence-electron chi connectivity index (χ0n) is 21.7. The Bertz CT molecular complexity index is 1630. The minimum atomic E-state index is -1.32. The first kappa shape index (κ1) is 25.8. The number of likely N-dealkylation sites (tertiary alicyclic amines) is 1. The van der Waals surface area contributed by atoms with Crippen LogP contribution in [-0.4, -0.2) is 56.4 Å². The minimum Gasteiger partial charge on any atom is -0.481 e. The number of benzene rings is 2. The van der Waals surface area contributed by atoms with Crippen molar-refractivity contribution in [3.8, 4) is 5.75 Å². The van der Waals surface area contributed by atoms with Crippen molar-refractivity contribution in [2.75, 3.05) is 19.6 Å². The molecule has 0 aliphatic carbocycles. The van der Waals surface area contributed by atoms with Crippen LogP contribution in [0.15, 0.2) is 65.3 Å². The summed E-state index contributed by atoms with van der Waals surface area (Å²) >= 11 is 0. The molecule has 40 heavy (non-hydrogen) atoms. The first-order valence-corrected chi connectivity index (χ1v) is 13.2. The van der Waals surface area contributed by atoms with Crippen molar-refractivity contribution in [2.24, 2.45) is 0 Å². The van der Waals surface area contributed by atoms with Gasteiger partial charge in [0.25, 0.3) is 0 Å². The van der Waals surface area contributed by atoms with E-state index in [1.807, 2.05) is 35.0 Å². The molecule has 4 heterocycles. The fourth-order valence-corrected chi connectivity index (χ4v) is 5.97. The molecule has 6 rings (SSSR count). The van der Waals surface area contributed by atoms with E-state index in [9.17, 15) is 24.2 Å². The molecule has 206 valence electrons. The van der Waals surface area contributed by atoms with E-state index in [-0.39, 0.29) is 11.4 Å². The summed E-state index contributed by atoms with van der Waals surface area (Å²) in [6.07, 6.45) is 5.30. The van der Waals surface area contributed by atoms with Crippen molar-refractivity contribution < 1.29 is 33.5 Å². The number of nitrogens with zero attached hydrogens (tertiary/aromatic N) is 3. The molecule has 2 aromatic carbocycles. The fourth-order valence-electron chi connectivity index (χ4n) is 5.97. The van der Waals surface area contributed by atoms with Crippen molar-refractivity contribution in [3.63, 3.8) is 0 Å². The number of para-hydroxylation sites is 1. The molecule has 1 saturated heterocycles. The van der Waals surface area contributed by atoms with E-state index in [1.54, 1.807) is 12.1 Å². The van der Waals surface area contributed by atoms with Crippen molar-refractivity contribution >= 4 is 28.5 Å². The van der Waals surface area contributed by atoms with Gasteiger partial charge in [-0.1, -0.05) is 23.4 Å². The maximum absolute atomic E-state index is 13.5. The Balaban J connectivity index is 1.24. The summed E-state index contributed by atoms with van der Waals surface area (Å²) in [6.45, 7) is 2.73. The number of ether oxygens (including phenoxy) is 1. The Morgan fingerprint density at radius 3 is 2.67 bits per heavy atom. The number of aliphatic carboxylic acids is 2. The lowest BCUT2D eigenvalue weighted by atomic mass is 9.84. The van der Waals surface area contributed by atoms with Crippen molar-refractivity contribution in [1.82, 2.24) is 14.6 Å². The van der Waals surface area contributed by atoms with Crippen LogP contribution in [0.4, 0.5) is 4.39 Å². The monoisotopic (exact) mass is 545 g/mol. The Kier molecular flexibility index (Phi) is 6.63. The summed E-state index contributed by atoms with van der Waals surface area (Å²) in [5.74, 6) is -2.22. The van der Waals surface area contributed by atoms with E-state index in [2.05, 4.69) is 10.1 Å². The van der Waals surface area contributed by atoms with Gasteiger partial charge in [0.05, 0.1) is 23.5 Å². The molecule has 1 fully saturated rings. The molecule has 1 spiro atoms. The van der Waals surface area contributed by atoms with Crippen LogP contribution in [0.3, 0.4) is 0 Å². The number of aromatic nitrogens is 2.